The molecule has 0 aromatic carbocycles. The van der Waals surface area contributed by atoms with E-state index in [9.17, 15) is 23.1 Å². The van der Waals surface area contributed by atoms with Crippen LogP contribution in [0.15, 0.2) is 41.8 Å². The molecule has 12 heteroatoms. The van der Waals surface area contributed by atoms with Crippen molar-refractivity contribution in [3.05, 3.63) is 47.9 Å². The van der Waals surface area contributed by atoms with Gasteiger partial charge in [-0.2, -0.15) is 18.3 Å². The maximum atomic E-state index is 13.5. The zero-order chi connectivity index (χ0) is 27.1. The van der Waals surface area contributed by atoms with Crippen molar-refractivity contribution in [1.82, 2.24) is 19.5 Å². The highest BCUT2D eigenvalue weighted by molar-refractivity contribution is 8.00. The Balaban J connectivity index is 1.39. The Hall–Kier alpha value is -3.14. The Bertz CT molecular complexity index is 1410. The number of rotatable bonds is 7. The molecule has 5 heterocycles. The third-order valence-electron chi connectivity index (χ3n) is 7.65. The minimum Gasteiger partial charge on any atom is -0.391 e. The van der Waals surface area contributed by atoms with Gasteiger partial charge in [-0.05, 0) is 31.5 Å². The van der Waals surface area contributed by atoms with Gasteiger partial charge in [0.2, 0.25) is 0 Å². The number of halogens is 3. The Kier molecular flexibility index (Phi) is 7.11. The number of nitrogens with zero attached hydrogens (tertiary/aromatic N) is 4. The molecule has 2 fully saturated rings. The van der Waals surface area contributed by atoms with Gasteiger partial charge in [-0.1, -0.05) is 11.8 Å². The van der Waals surface area contributed by atoms with E-state index in [2.05, 4.69) is 34.5 Å². The highest BCUT2D eigenvalue weighted by Crippen LogP contribution is 2.45. The first-order chi connectivity index (χ1) is 18.1. The highest BCUT2D eigenvalue weighted by Gasteiger charge is 2.63. The van der Waals surface area contributed by atoms with Crippen LogP contribution >= 0.6 is 11.8 Å². The number of thioether (sulfide) groups is 1. The number of alkyl halides is 3. The van der Waals surface area contributed by atoms with E-state index >= 15 is 0 Å². The predicted molar refractivity (Wildman–Crippen MR) is 139 cm³/mol. The van der Waals surface area contributed by atoms with Crippen LogP contribution in [0.1, 0.15) is 35.7 Å². The first-order valence-electron chi connectivity index (χ1n) is 12.5. The van der Waals surface area contributed by atoms with E-state index in [1.165, 1.54) is 15.3 Å². The third-order valence-corrected chi connectivity index (χ3v) is 8.49. The lowest BCUT2D eigenvalue weighted by Crippen LogP contribution is -2.49. The topological polar surface area (TPSA) is 83.6 Å². The number of aromatic nitrogens is 3. The van der Waals surface area contributed by atoms with E-state index < -0.39 is 5.51 Å². The summed E-state index contributed by atoms with van der Waals surface area (Å²) in [5, 5.41) is 19.8. The summed E-state index contributed by atoms with van der Waals surface area (Å²) in [5.74, 6) is 5.25. The van der Waals surface area contributed by atoms with Gasteiger partial charge in [0, 0.05) is 37.6 Å². The molecule has 0 aliphatic carbocycles. The van der Waals surface area contributed by atoms with Crippen LogP contribution in [0, 0.1) is 11.8 Å². The Labute approximate surface area is 222 Å². The van der Waals surface area contributed by atoms with Crippen molar-refractivity contribution in [1.29, 1.82) is 0 Å². The molecular formula is C26H30F3N6O2S+. The molecule has 0 radical (unpaired) electrons. The van der Waals surface area contributed by atoms with Gasteiger partial charge in [0.15, 0.2) is 6.04 Å². The molecule has 2 aliphatic rings. The molecule has 38 heavy (non-hydrogen) atoms. The number of quaternary nitrogens is 1. The Morgan fingerprint density at radius 2 is 2.18 bits per heavy atom. The van der Waals surface area contributed by atoms with E-state index in [4.69, 9.17) is 0 Å². The number of aliphatic hydroxyl groups is 1. The maximum absolute atomic E-state index is 13.5. The molecule has 3 aromatic rings. The van der Waals surface area contributed by atoms with Gasteiger partial charge < -0.3 is 24.6 Å². The molecule has 4 atom stereocenters. The smallest absolute Gasteiger partial charge is 0.391 e. The number of aryl methyl sites for hydroxylation is 1. The summed E-state index contributed by atoms with van der Waals surface area (Å²) in [6, 6.07) is 6.33. The van der Waals surface area contributed by atoms with Gasteiger partial charge >= 0.3 is 5.51 Å². The summed E-state index contributed by atoms with van der Waals surface area (Å²) >= 11 is -0.199. The number of carbonyl (C=O) groups is 1. The molecule has 0 spiro atoms. The van der Waals surface area contributed by atoms with Gasteiger partial charge in [0.25, 0.3) is 5.91 Å². The predicted octanol–water partition coefficient (Wildman–Crippen LogP) is 3.22. The van der Waals surface area contributed by atoms with Crippen molar-refractivity contribution in [2.75, 3.05) is 31.6 Å². The summed E-state index contributed by atoms with van der Waals surface area (Å²) in [7, 11) is 1.70. The lowest BCUT2D eigenvalue weighted by atomic mass is 9.98. The number of hydrogen-bond acceptors (Lipinski definition) is 5. The van der Waals surface area contributed by atoms with Crippen LogP contribution in [0.25, 0.3) is 5.52 Å². The van der Waals surface area contributed by atoms with Gasteiger partial charge in [-0.15, -0.1) is 0 Å². The van der Waals surface area contributed by atoms with Gasteiger partial charge in [-0.3, -0.25) is 9.48 Å². The standard InChI is InChI=1S/C26H29F3N6O2S/c1-17-7-8-21(23-16-35(17,23)11-12-36)32-20-6-4-10-34-22(20)13-18(25(34)38-26(27,28)29)5-3-9-30-24(37)19-14-31-33(2)15-19/h4,6,10,13-15,17,21,23,32,36H,7-9,11-12,16H2,1-2H3/p+1/t17-,21+,23+,35?/m0/s1. The van der Waals surface area contributed by atoms with Crippen LogP contribution in [-0.2, 0) is 7.05 Å². The summed E-state index contributed by atoms with van der Waals surface area (Å²) in [6.07, 6.45) is 6.59. The fraction of sp³-hybridized carbons (Fsp3) is 0.462. The number of piperidine rings is 1. The van der Waals surface area contributed by atoms with Crippen molar-refractivity contribution in [3.8, 4) is 11.8 Å². The zero-order valence-electron chi connectivity index (χ0n) is 21.1. The monoisotopic (exact) mass is 547 g/mol. The normalized spacial score (nSPS) is 24.4. The number of aliphatic hydroxyl groups excluding tert-OH is 1. The molecule has 2 aliphatic heterocycles. The average molecular weight is 548 g/mol. The van der Waals surface area contributed by atoms with E-state index in [1.807, 2.05) is 6.07 Å². The number of carbonyl (C=O) groups excluding carboxylic acids is 1. The summed E-state index contributed by atoms with van der Waals surface area (Å²) in [5.41, 5.74) is -2.50. The third kappa shape index (κ3) is 5.23. The molecule has 0 bridgehead atoms. The molecule has 3 aromatic heterocycles. The van der Waals surface area contributed by atoms with Crippen LogP contribution < -0.4 is 10.6 Å². The Morgan fingerprint density at radius 1 is 1.37 bits per heavy atom. The largest absolute Gasteiger partial charge is 0.447 e. The average Bonchev–Trinajstić information content (AvgIpc) is 3.29. The molecule has 8 nitrogen and oxygen atoms in total. The van der Waals surface area contributed by atoms with Crippen LogP contribution in [0.3, 0.4) is 0 Å². The summed E-state index contributed by atoms with van der Waals surface area (Å²) in [4.78, 5) is 12.2. The number of pyridine rings is 1. The second kappa shape index (κ2) is 10.2. The molecule has 5 rings (SSSR count). The lowest BCUT2D eigenvalue weighted by molar-refractivity contribution is -0.844. The summed E-state index contributed by atoms with van der Waals surface area (Å²) in [6.45, 7) is 4.08. The number of amides is 1. The van der Waals surface area contributed by atoms with E-state index in [1.54, 1.807) is 31.6 Å². The number of fused-ring (bicyclic) bond motifs is 2. The fourth-order valence-electron chi connectivity index (χ4n) is 5.70. The van der Waals surface area contributed by atoms with Crippen molar-refractivity contribution in [2.45, 2.75) is 48.4 Å². The van der Waals surface area contributed by atoms with E-state index in [-0.39, 0.29) is 47.5 Å². The van der Waals surface area contributed by atoms with Gasteiger partial charge in [0.1, 0.15) is 18.1 Å². The fourth-order valence-corrected chi connectivity index (χ4v) is 6.40. The number of nitrogens with one attached hydrogen (secondary N) is 2. The second-order valence-electron chi connectivity index (χ2n) is 9.95. The van der Waals surface area contributed by atoms with Crippen LogP contribution in [-0.4, -0.2) is 79.6 Å². The van der Waals surface area contributed by atoms with Crippen LogP contribution in [0.4, 0.5) is 18.9 Å². The van der Waals surface area contributed by atoms with Gasteiger partial charge in [-0.25, -0.2) is 0 Å². The summed E-state index contributed by atoms with van der Waals surface area (Å²) < 4.78 is 44.4. The SMILES string of the molecule is C[C@H]1CC[C@@H](Nc2cccn3c(SC(F)(F)F)c(C#CCNC(=O)c4cnn(C)c4)cc23)[C@H]2C[N+]21CCO. The molecule has 202 valence electrons. The van der Waals surface area contributed by atoms with Crippen LogP contribution in [0.5, 0.6) is 0 Å². The minimum atomic E-state index is -4.49. The zero-order valence-corrected chi connectivity index (χ0v) is 21.9. The van der Waals surface area contributed by atoms with Crippen molar-refractivity contribution in [3.63, 3.8) is 0 Å². The minimum absolute atomic E-state index is 0.0173. The van der Waals surface area contributed by atoms with Crippen molar-refractivity contribution >= 4 is 28.9 Å². The van der Waals surface area contributed by atoms with E-state index in [0.717, 1.165) is 36.1 Å². The number of anilines is 1. The maximum Gasteiger partial charge on any atom is 0.447 e. The molecule has 1 amide bonds. The molecule has 2 saturated heterocycles. The molecule has 1 unspecified atom stereocenters. The number of hydrogen-bond donors (Lipinski definition) is 3. The molecule has 3 N–H and O–H groups in total. The van der Waals surface area contributed by atoms with Crippen LogP contribution in [0.2, 0.25) is 0 Å². The molecular weight excluding hydrogens is 517 g/mol. The quantitative estimate of drug-likeness (QED) is 0.183. The first-order valence-corrected chi connectivity index (χ1v) is 13.3. The van der Waals surface area contributed by atoms with Crippen molar-refractivity contribution < 1.29 is 27.6 Å². The van der Waals surface area contributed by atoms with Crippen molar-refractivity contribution in [2.24, 2.45) is 7.05 Å². The highest BCUT2D eigenvalue weighted by atomic mass is 32.2. The van der Waals surface area contributed by atoms with Gasteiger partial charge in [0.05, 0.1) is 53.8 Å². The van der Waals surface area contributed by atoms with E-state index in [0.29, 0.717) is 23.2 Å². The molecule has 0 saturated carbocycles. The Morgan fingerprint density at radius 3 is 2.89 bits per heavy atom. The first kappa shape index (κ1) is 26.5. The second-order valence-corrected chi connectivity index (χ2v) is 11.0. The lowest BCUT2D eigenvalue weighted by Gasteiger charge is -2.35.